The summed E-state index contributed by atoms with van der Waals surface area (Å²) in [7, 11) is 0. The van der Waals surface area contributed by atoms with Crippen molar-refractivity contribution >= 4 is 17.2 Å². The van der Waals surface area contributed by atoms with Crippen molar-refractivity contribution in [3.05, 3.63) is 28.2 Å². The molecule has 5 heteroatoms. The van der Waals surface area contributed by atoms with Gasteiger partial charge in [0, 0.05) is 44.5 Å². The maximum Gasteiger partial charge on any atom is 0.223 e. The normalized spacial score (nSPS) is 23.0. The van der Waals surface area contributed by atoms with E-state index in [1.807, 2.05) is 0 Å². The molecule has 1 aromatic heterocycles. The number of hydrogen-bond donors (Lipinski definition) is 0. The first kappa shape index (κ1) is 15.7. The van der Waals surface area contributed by atoms with Crippen LogP contribution in [0, 0.1) is 12.8 Å². The fourth-order valence-corrected chi connectivity index (χ4v) is 3.91. The standard InChI is InChI=1S/C17H25N3OS/c1-14-18-16(13-22-14)12-19-7-4-8-20(10-9-19)17(21)11-15-5-2-3-6-15/h2,5,13,15H,3-4,6-12H2,1H3. The Morgan fingerprint density at radius 1 is 1.36 bits per heavy atom. The molecule has 22 heavy (non-hydrogen) atoms. The van der Waals surface area contributed by atoms with Crippen LogP contribution in [0.3, 0.4) is 0 Å². The van der Waals surface area contributed by atoms with E-state index in [2.05, 4.69) is 39.2 Å². The molecule has 0 N–H and O–H groups in total. The number of aryl methyl sites for hydroxylation is 1. The Morgan fingerprint density at radius 3 is 3.00 bits per heavy atom. The lowest BCUT2D eigenvalue weighted by atomic mass is 10.0. The smallest absolute Gasteiger partial charge is 0.223 e. The van der Waals surface area contributed by atoms with E-state index in [0.29, 0.717) is 18.2 Å². The molecule has 1 amide bonds. The second-order valence-corrected chi connectivity index (χ2v) is 7.40. The minimum Gasteiger partial charge on any atom is -0.341 e. The quantitative estimate of drug-likeness (QED) is 0.801. The Morgan fingerprint density at radius 2 is 2.27 bits per heavy atom. The molecule has 0 saturated carbocycles. The molecular weight excluding hydrogens is 294 g/mol. The topological polar surface area (TPSA) is 36.4 Å². The summed E-state index contributed by atoms with van der Waals surface area (Å²) in [6.07, 6.45) is 8.47. The van der Waals surface area contributed by atoms with E-state index in [-0.39, 0.29) is 0 Å². The van der Waals surface area contributed by atoms with E-state index in [4.69, 9.17) is 0 Å². The lowest BCUT2D eigenvalue weighted by Crippen LogP contribution is -2.35. The molecule has 1 fully saturated rings. The highest BCUT2D eigenvalue weighted by molar-refractivity contribution is 7.09. The Kier molecular flexibility index (Phi) is 5.26. The third-order valence-corrected chi connectivity index (χ3v) is 5.36. The first-order chi connectivity index (χ1) is 10.7. The van der Waals surface area contributed by atoms with Gasteiger partial charge in [-0.25, -0.2) is 4.98 Å². The summed E-state index contributed by atoms with van der Waals surface area (Å²) in [5.41, 5.74) is 1.17. The number of allylic oxidation sites excluding steroid dienone is 2. The molecule has 0 radical (unpaired) electrons. The summed E-state index contributed by atoms with van der Waals surface area (Å²) in [5.74, 6) is 0.813. The fraction of sp³-hybridized carbons (Fsp3) is 0.647. The third-order valence-electron chi connectivity index (χ3n) is 4.54. The van der Waals surface area contributed by atoms with E-state index in [1.54, 1.807) is 11.3 Å². The molecule has 120 valence electrons. The minimum absolute atomic E-state index is 0.336. The van der Waals surface area contributed by atoms with Gasteiger partial charge in [0.15, 0.2) is 0 Å². The van der Waals surface area contributed by atoms with Crippen LogP contribution in [0.15, 0.2) is 17.5 Å². The van der Waals surface area contributed by atoms with Gasteiger partial charge in [-0.3, -0.25) is 9.69 Å². The van der Waals surface area contributed by atoms with Crippen LogP contribution < -0.4 is 0 Å². The van der Waals surface area contributed by atoms with Gasteiger partial charge in [-0.2, -0.15) is 0 Å². The van der Waals surface area contributed by atoms with Crippen LogP contribution in [0.2, 0.25) is 0 Å². The molecule has 3 rings (SSSR count). The summed E-state index contributed by atoms with van der Waals surface area (Å²) in [5, 5.41) is 3.28. The second kappa shape index (κ2) is 7.38. The van der Waals surface area contributed by atoms with Crippen molar-refractivity contribution in [3.8, 4) is 0 Å². The number of nitrogens with zero attached hydrogens (tertiary/aromatic N) is 3. The Hall–Kier alpha value is -1.20. The average Bonchev–Trinajstić information content (AvgIpc) is 3.07. The SMILES string of the molecule is Cc1nc(CN2CCCN(C(=O)CC3C=CCC3)CC2)cs1. The fourth-order valence-electron chi connectivity index (χ4n) is 3.31. The summed E-state index contributed by atoms with van der Waals surface area (Å²) in [6, 6.07) is 0. The van der Waals surface area contributed by atoms with E-state index < -0.39 is 0 Å². The highest BCUT2D eigenvalue weighted by Gasteiger charge is 2.22. The molecule has 2 aliphatic rings. The molecule has 1 aliphatic carbocycles. The highest BCUT2D eigenvalue weighted by Crippen LogP contribution is 2.21. The first-order valence-electron chi connectivity index (χ1n) is 8.28. The molecule has 0 bridgehead atoms. The average molecular weight is 319 g/mol. The Balaban J connectivity index is 1.48. The third kappa shape index (κ3) is 4.17. The molecule has 0 spiro atoms. The van der Waals surface area contributed by atoms with Crippen LogP contribution >= 0.6 is 11.3 Å². The van der Waals surface area contributed by atoms with Crippen LogP contribution in [-0.4, -0.2) is 46.9 Å². The largest absolute Gasteiger partial charge is 0.341 e. The molecule has 1 unspecified atom stereocenters. The van der Waals surface area contributed by atoms with Gasteiger partial charge in [0.25, 0.3) is 0 Å². The monoisotopic (exact) mass is 319 g/mol. The molecule has 2 heterocycles. The van der Waals surface area contributed by atoms with Gasteiger partial charge in [0.2, 0.25) is 5.91 Å². The van der Waals surface area contributed by atoms with Crippen molar-refractivity contribution < 1.29 is 4.79 Å². The van der Waals surface area contributed by atoms with E-state index >= 15 is 0 Å². The first-order valence-corrected chi connectivity index (χ1v) is 9.16. The number of thiazole rings is 1. The number of aromatic nitrogens is 1. The van der Waals surface area contributed by atoms with Gasteiger partial charge in [-0.15, -0.1) is 11.3 Å². The Bertz CT molecular complexity index is 540. The zero-order chi connectivity index (χ0) is 15.4. The highest BCUT2D eigenvalue weighted by atomic mass is 32.1. The van der Waals surface area contributed by atoms with Crippen molar-refractivity contribution in [1.82, 2.24) is 14.8 Å². The Labute approximate surface area is 136 Å². The van der Waals surface area contributed by atoms with E-state index in [0.717, 1.165) is 57.0 Å². The van der Waals surface area contributed by atoms with Crippen molar-refractivity contribution in [2.75, 3.05) is 26.2 Å². The van der Waals surface area contributed by atoms with Gasteiger partial charge in [0.05, 0.1) is 10.7 Å². The van der Waals surface area contributed by atoms with Crippen LogP contribution in [-0.2, 0) is 11.3 Å². The summed E-state index contributed by atoms with van der Waals surface area (Å²) >= 11 is 1.71. The number of rotatable bonds is 4. The molecule has 1 saturated heterocycles. The molecule has 1 atom stereocenters. The molecule has 4 nitrogen and oxygen atoms in total. The minimum atomic E-state index is 0.336. The second-order valence-electron chi connectivity index (χ2n) is 6.34. The van der Waals surface area contributed by atoms with Gasteiger partial charge in [0.1, 0.15) is 0 Å². The molecule has 1 aliphatic heterocycles. The van der Waals surface area contributed by atoms with Crippen molar-refractivity contribution in [2.45, 2.75) is 39.2 Å². The number of carbonyl (C=O) groups excluding carboxylic acids is 1. The lowest BCUT2D eigenvalue weighted by molar-refractivity contribution is -0.131. The number of carbonyl (C=O) groups is 1. The molecular formula is C17H25N3OS. The van der Waals surface area contributed by atoms with Crippen molar-refractivity contribution in [2.24, 2.45) is 5.92 Å². The predicted octanol–water partition coefficient (Wildman–Crippen LogP) is 2.84. The maximum atomic E-state index is 12.4. The number of hydrogen-bond acceptors (Lipinski definition) is 4. The lowest BCUT2D eigenvalue weighted by Gasteiger charge is -2.22. The van der Waals surface area contributed by atoms with Crippen LogP contribution in [0.4, 0.5) is 0 Å². The number of amides is 1. The van der Waals surface area contributed by atoms with E-state index in [1.165, 1.54) is 5.69 Å². The van der Waals surface area contributed by atoms with Crippen molar-refractivity contribution in [1.29, 1.82) is 0 Å². The molecule has 1 aromatic rings. The summed E-state index contributed by atoms with van der Waals surface area (Å²) < 4.78 is 0. The van der Waals surface area contributed by atoms with Gasteiger partial charge in [-0.1, -0.05) is 12.2 Å². The zero-order valence-corrected chi connectivity index (χ0v) is 14.1. The van der Waals surface area contributed by atoms with Crippen LogP contribution in [0.1, 0.15) is 36.4 Å². The van der Waals surface area contributed by atoms with Gasteiger partial charge in [-0.05, 0) is 32.1 Å². The maximum absolute atomic E-state index is 12.4. The van der Waals surface area contributed by atoms with E-state index in [9.17, 15) is 4.79 Å². The van der Waals surface area contributed by atoms with Gasteiger partial charge < -0.3 is 4.90 Å². The zero-order valence-electron chi connectivity index (χ0n) is 13.3. The molecule has 0 aromatic carbocycles. The van der Waals surface area contributed by atoms with Gasteiger partial charge >= 0.3 is 0 Å². The van der Waals surface area contributed by atoms with Crippen LogP contribution in [0.25, 0.3) is 0 Å². The van der Waals surface area contributed by atoms with Crippen LogP contribution in [0.5, 0.6) is 0 Å². The predicted molar refractivity (Wildman–Crippen MR) is 89.8 cm³/mol. The van der Waals surface area contributed by atoms with Crippen molar-refractivity contribution in [3.63, 3.8) is 0 Å². The summed E-state index contributed by atoms with van der Waals surface area (Å²) in [4.78, 5) is 21.5. The summed E-state index contributed by atoms with van der Waals surface area (Å²) in [6.45, 7) is 6.75.